The Bertz CT molecular complexity index is 876. The molecule has 6 heteroatoms. The first kappa shape index (κ1) is 17.0. The summed E-state index contributed by atoms with van der Waals surface area (Å²) in [5, 5.41) is 11.7. The maximum Gasteiger partial charge on any atom is 0.251 e. The smallest absolute Gasteiger partial charge is 0.251 e. The van der Waals surface area contributed by atoms with Gasteiger partial charge in [-0.25, -0.2) is 4.68 Å². The van der Waals surface area contributed by atoms with E-state index in [2.05, 4.69) is 15.5 Å². The van der Waals surface area contributed by atoms with Crippen molar-refractivity contribution >= 4 is 5.91 Å². The van der Waals surface area contributed by atoms with Crippen LogP contribution in [-0.2, 0) is 7.05 Å². The molecule has 0 aliphatic rings. The second-order valence-electron chi connectivity index (χ2n) is 6.20. The van der Waals surface area contributed by atoms with E-state index in [0.29, 0.717) is 5.56 Å². The Morgan fingerprint density at radius 1 is 1.20 bits per heavy atom. The third-order valence-corrected chi connectivity index (χ3v) is 4.31. The lowest BCUT2D eigenvalue weighted by molar-refractivity contribution is 0.0934. The van der Waals surface area contributed by atoms with Crippen LogP contribution in [0, 0.1) is 13.8 Å². The van der Waals surface area contributed by atoms with Crippen LogP contribution in [-0.4, -0.2) is 25.5 Å². The largest absolute Gasteiger partial charge is 0.344 e. The van der Waals surface area contributed by atoms with Crippen molar-refractivity contribution in [1.82, 2.24) is 24.9 Å². The number of aromatic nitrogens is 4. The van der Waals surface area contributed by atoms with Crippen LogP contribution in [0.3, 0.4) is 0 Å². The monoisotopic (exact) mass is 337 g/mol. The van der Waals surface area contributed by atoms with Gasteiger partial charge in [0.1, 0.15) is 0 Å². The Balaban J connectivity index is 1.76. The molecular formula is C19H23N5O. The van der Waals surface area contributed by atoms with E-state index in [0.717, 1.165) is 29.2 Å². The summed E-state index contributed by atoms with van der Waals surface area (Å²) in [6, 6.07) is 11.4. The highest BCUT2D eigenvalue weighted by atomic mass is 16.1. The molecule has 1 atom stereocenters. The summed E-state index contributed by atoms with van der Waals surface area (Å²) in [6.45, 7) is 6.03. The lowest BCUT2D eigenvalue weighted by Crippen LogP contribution is -2.29. The number of carbonyl (C=O) groups is 1. The molecule has 1 amide bonds. The normalized spacial score (nSPS) is 12.2. The fourth-order valence-corrected chi connectivity index (χ4v) is 3.00. The molecule has 130 valence electrons. The van der Waals surface area contributed by atoms with Crippen LogP contribution in [0.1, 0.15) is 46.8 Å². The number of carbonyl (C=O) groups excluding carboxylic acids is 1. The second kappa shape index (κ2) is 6.93. The third-order valence-electron chi connectivity index (χ3n) is 4.31. The SMILES string of the molecule is CCC(NC(=O)c1ccc(-n2nc(C)cc2C)cc1)c1ccnn1C. The van der Waals surface area contributed by atoms with Crippen LogP contribution in [0.2, 0.25) is 0 Å². The van der Waals surface area contributed by atoms with Gasteiger partial charge in [-0.3, -0.25) is 9.48 Å². The van der Waals surface area contributed by atoms with Crippen LogP contribution in [0.4, 0.5) is 0 Å². The minimum Gasteiger partial charge on any atom is -0.344 e. The first-order valence-corrected chi connectivity index (χ1v) is 8.42. The predicted molar refractivity (Wildman–Crippen MR) is 96.7 cm³/mol. The average Bonchev–Trinajstić information content (AvgIpc) is 3.17. The molecule has 3 aromatic rings. The summed E-state index contributed by atoms with van der Waals surface area (Å²) in [6.07, 6.45) is 2.54. The van der Waals surface area contributed by atoms with Gasteiger partial charge >= 0.3 is 0 Å². The van der Waals surface area contributed by atoms with Gasteiger partial charge in [-0.15, -0.1) is 0 Å². The molecule has 1 aromatic carbocycles. The summed E-state index contributed by atoms with van der Waals surface area (Å²) in [4.78, 5) is 12.6. The van der Waals surface area contributed by atoms with Crippen molar-refractivity contribution in [3.05, 3.63) is 65.2 Å². The Morgan fingerprint density at radius 2 is 1.92 bits per heavy atom. The second-order valence-corrected chi connectivity index (χ2v) is 6.20. The zero-order valence-electron chi connectivity index (χ0n) is 15.0. The van der Waals surface area contributed by atoms with Crippen molar-refractivity contribution in [3.63, 3.8) is 0 Å². The van der Waals surface area contributed by atoms with Crippen molar-refractivity contribution in [3.8, 4) is 5.69 Å². The molecule has 6 nitrogen and oxygen atoms in total. The van der Waals surface area contributed by atoms with E-state index in [-0.39, 0.29) is 11.9 Å². The van der Waals surface area contributed by atoms with Crippen LogP contribution < -0.4 is 5.32 Å². The number of rotatable bonds is 5. The van der Waals surface area contributed by atoms with Crippen LogP contribution in [0.25, 0.3) is 5.69 Å². The zero-order chi connectivity index (χ0) is 18.0. The van der Waals surface area contributed by atoms with E-state index in [4.69, 9.17) is 0 Å². The minimum absolute atomic E-state index is 0.0596. The van der Waals surface area contributed by atoms with Gasteiger partial charge in [0.05, 0.1) is 23.1 Å². The van der Waals surface area contributed by atoms with Gasteiger partial charge in [0, 0.05) is 24.5 Å². The highest BCUT2D eigenvalue weighted by Gasteiger charge is 2.17. The van der Waals surface area contributed by atoms with Crippen molar-refractivity contribution in [2.45, 2.75) is 33.2 Å². The van der Waals surface area contributed by atoms with Gasteiger partial charge in [0.25, 0.3) is 5.91 Å². The number of hydrogen-bond acceptors (Lipinski definition) is 3. The van der Waals surface area contributed by atoms with Gasteiger partial charge in [-0.05, 0) is 56.7 Å². The molecule has 0 aliphatic heterocycles. The van der Waals surface area contributed by atoms with Crippen molar-refractivity contribution in [2.24, 2.45) is 7.05 Å². The molecule has 0 radical (unpaired) electrons. The molecular weight excluding hydrogens is 314 g/mol. The fourth-order valence-electron chi connectivity index (χ4n) is 3.00. The topological polar surface area (TPSA) is 64.7 Å². The lowest BCUT2D eigenvalue weighted by Gasteiger charge is -2.17. The molecule has 0 fully saturated rings. The molecule has 0 saturated carbocycles. The summed E-state index contributed by atoms with van der Waals surface area (Å²) in [7, 11) is 1.88. The minimum atomic E-state index is -0.0898. The fraction of sp³-hybridized carbons (Fsp3) is 0.316. The Hall–Kier alpha value is -2.89. The van der Waals surface area contributed by atoms with Crippen molar-refractivity contribution in [1.29, 1.82) is 0 Å². The van der Waals surface area contributed by atoms with Crippen LogP contribution in [0.15, 0.2) is 42.6 Å². The molecule has 1 N–H and O–H groups in total. The number of aryl methyl sites for hydroxylation is 3. The Kier molecular flexibility index (Phi) is 4.70. The first-order valence-electron chi connectivity index (χ1n) is 8.42. The molecule has 3 rings (SSSR count). The van der Waals surface area contributed by atoms with Crippen LogP contribution in [0.5, 0.6) is 0 Å². The van der Waals surface area contributed by atoms with Gasteiger partial charge in [-0.2, -0.15) is 10.2 Å². The highest BCUT2D eigenvalue weighted by molar-refractivity contribution is 5.94. The van der Waals surface area contributed by atoms with Gasteiger partial charge < -0.3 is 5.32 Å². The van der Waals surface area contributed by atoms with E-state index in [1.54, 1.807) is 10.9 Å². The van der Waals surface area contributed by atoms with Crippen molar-refractivity contribution in [2.75, 3.05) is 0 Å². The summed E-state index contributed by atoms with van der Waals surface area (Å²) < 4.78 is 3.67. The molecule has 2 heterocycles. The molecule has 0 saturated heterocycles. The van der Waals surface area contributed by atoms with E-state index in [1.165, 1.54) is 0 Å². The number of nitrogens with one attached hydrogen (secondary N) is 1. The molecule has 1 unspecified atom stereocenters. The predicted octanol–water partition coefficient (Wildman–Crippen LogP) is 3.10. The van der Waals surface area contributed by atoms with E-state index in [9.17, 15) is 4.79 Å². The zero-order valence-corrected chi connectivity index (χ0v) is 15.0. The van der Waals surface area contributed by atoms with E-state index in [1.807, 2.05) is 68.9 Å². The quantitative estimate of drug-likeness (QED) is 0.778. The molecule has 0 aliphatic carbocycles. The molecule has 2 aromatic heterocycles. The number of nitrogens with zero attached hydrogens (tertiary/aromatic N) is 4. The lowest BCUT2D eigenvalue weighted by atomic mass is 10.1. The number of benzene rings is 1. The molecule has 0 spiro atoms. The Morgan fingerprint density at radius 3 is 2.44 bits per heavy atom. The Labute approximate surface area is 147 Å². The van der Waals surface area contributed by atoms with E-state index >= 15 is 0 Å². The molecule has 25 heavy (non-hydrogen) atoms. The maximum absolute atomic E-state index is 12.6. The summed E-state index contributed by atoms with van der Waals surface area (Å²) in [5.41, 5.74) is 4.61. The van der Waals surface area contributed by atoms with E-state index < -0.39 is 0 Å². The van der Waals surface area contributed by atoms with Gasteiger partial charge in [-0.1, -0.05) is 6.92 Å². The third kappa shape index (κ3) is 3.47. The number of amides is 1. The van der Waals surface area contributed by atoms with Crippen molar-refractivity contribution < 1.29 is 4.79 Å². The first-order chi connectivity index (χ1) is 12.0. The standard InChI is InChI=1S/C19H23N5O/c1-5-17(18-10-11-20-23(18)4)21-19(25)15-6-8-16(9-7-15)24-14(3)12-13(2)22-24/h6-12,17H,5H2,1-4H3,(H,21,25). The van der Waals surface area contributed by atoms with Crippen LogP contribution >= 0.6 is 0 Å². The highest BCUT2D eigenvalue weighted by Crippen LogP contribution is 2.17. The molecule has 0 bridgehead atoms. The maximum atomic E-state index is 12.6. The summed E-state index contributed by atoms with van der Waals surface area (Å²) >= 11 is 0. The number of hydrogen-bond donors (Lipinski definition) is 1. The summed E-state index contributed by atoms with van der Waals surface area (Å²) in [5.74, 6) is -0.0898. The average molecular weight is 337 g/mol. The van der Waals surface area contributed by atoms with Gasteiger partial charge in [0.15, 0.2) is 0 Å². The van der Waals surface area contributed by atoms with Gasteiger partial charge in [0.2, 0.25) is 0 Å².